The van der Waals surface area contributed by atoms with Crippen molar-refractivity contribution < 1.29 is 0 Å². The van der Waals surface area contributed by atoms with E-state index in [0.29, 0.717) is 0 Å². The van der Waals surface area contributed by atoms with Gasteiger partial charge in [0.25, 0.3) is 0 Å². The van der Waals surface area contributed by atoms with E-state index in [2.05, 4.69) is 60.4 Å². The van der Waals surface area contributed by atoms with Crippen LogP contribution >= 0.6 is 0 Å². The Kier molecular flexibility index (Phi) is 2.43. The van der Waals surface area contributed by atoms with Gasteiger partial charge in [-0.15, -0.1) is 0 Å². The molecule has 1 aliphatic heterocycles. The zero-order valence-electron chi connectivity index (χ0n) is 12.9. The maximum Gasteiger partial charge on any atom is 0.0405 e. The third-order valence-corrected chi connectivity index (χ3v) is 5.32. The number of rotatable bonds is 1. The van der Waals surface area contributed by atoms with E-state index in [1.807, 2.05) is 0 Å². The summed E-state index contributed by atoms with van der Waals surface area (Å²) in [5.41, 5.74) is 8.90. The molecule has 0 saturated heterocycles. The molecule has 3 aromatic carbocycles. The summed E-state index contributed by atoms with van der Waals surface area (Å²) in [6, 6.07) is 18.4. The number of hydrogen-bond donors (Lipinski definition) is 0. The van der Waals surface area contributed by atoms with Gasteiger partial charge in [0.15, 0.2) is 0 Å². The van der Waals surface area contributed by atoms with Crippen molar-refractivity contribution in [3.8, 4) is 11.1 Å². The van der Waals surface area contributed by atoms with Gasteiger partial charge >= 0.3 is 0 Å². The van der Waals surface area contributed by atoms with Crippen LogP contribution in [0, 0.1) is 0 Å². The molecule has 1 heterocycles. The van der Waals surface area contributed by atoms with Crippen LogP contribution in [0.5, 0.6) is 0 Å². The van der Waals surface area contributed by atoms with Crippen molar-refractivity contribution in [3.63, 3.8) is 0 Å². The summed E-state index contributed by atoms with van der Waals surface area (Å²) in [6.45, 7) is 4.54. The highest BCUT2D eigenvalue weighted by Crippen LogP contribution is 2.43. The van der Waals surface area contributed by atoms with E-state index in [-0.39, 0.29) is 0 Å². The molecule has 0 radical (unpaired) electrons. The highest BCUT2D eigenvalue weighted by molar-refractivity contribution is 5.92. The van der Waals surface area contributed by atoms with Crippen LogP contribution in [0.1, 0.15) is 23.6 Å². The zero-order valence-corrected chi connectivity index (χ0v) is 12.9. The van der Waals surface area contributed by atoms with Crippen LogP contribution in [-0.4, -0.2) is 13.1 Å². The number of hydrogen-bond acceptors (Lipinski definition) is 1. The number of likely N-dealkylation sites (N-methyl/N-ethyl adjacent to an activating group) is 1. The minimum atomic E-state index is 1.09. The quantitative estimate of drug-likeness (QED) is 0.486. The molecule has 0 N–H and O–H groups in total. The van der Waals surface area contributed by atoms with Crippen LogP contribution < -0.4 is 4.90 Å². The van der Waals surface area contributed by atoms with Crippen molar-refractivity contribution in [1.82, 2.24) is 0 Å². The average Bonchev–Trinajstić information content (AvgIpc) is 3.10. The number of anilines is 1. The molecule has 22 heavy (non-hydrogen) atoms. The van der Waals surface area contributed by atoms with E-state index in [4.69, 9.17) is 0 Å². The van der Waals surface area contributed by atoms with Crippen LogP contribution in [0.3, 0.4) is 0 Å². The Bertz CT molecular complexity index is 907. The molecule has 5 rings (SSSR count). The first-order valence-electron chi connectivity index (χ1n) is 8.26. The van der Waals surface area contributed by atoms with Gasteiger partial charge in [-0.3, -0.25) is 0 Å². The van der Waals surface area contributed by atoms with Crippen molar-refractivity contribution in [2.45, 2.75) is 19.8 Å². The van der Waals surface area contributed by atoms with Crippen LogP contribution in [0.15, 0.2) is 48.5 Å². The number of fused-ring (bicyclic) bond motifs is 5. The molecule has 3 aromatic rings. The molecule has 0 bridgehead atoms. The first-order valence-corrected chi connectivity index (χ1v) is 8.26. The Balaban J connectivity index is 1.74. The molecule has 0 fully saturated rings. The van der Waals surface area contributed by atoms with Gasteiger partial charge < -0.3 is 4.90 Å². The fourth-order valence-corrected chi connectivity index (χ4v) is 4.17. The molecule has 0 saturated carbocycles. The zero-order chi connectivity index (χ0) is 14.7. The summed E-state index contributed by atoms with van der Waals surface area (Å²) >= 11 is 0. The second-order valence-electron chi connectivity index (χ2n) is 6.50. The number of nitrogens with zero attached hydrogens (tertiary/aromatic N) is 1. The third kappa shape index (κ3) is 1.60. The Labute approximate surface area is 131 Å². The summed E-state index contributed by atoms with van der Waals surface area (Å²) in [6.07, 6.45) is 2.30. The summed E-state index contributed by atoms with van der Waals surface area (Å²) in [5, 5.41) is 2.71. The summed E-state index contributed by atoms with van der Waals surface area (Å²) in [7, 11) is 0. The maximum atomic E-state index is 2.51. The lowest BCUT2D eigenvalue weighted by Crippen LogP contribution is -2.19. The van der Waals surface area contributed by atoms with Crippen molar-refractivity contribution in [3.05, 3.63) is 65.2 Å². The van der Waals surface area contributed by atoms with Crippen molar-refractivity contribution >= 4 is 16.5 Å². The van der Waals surface area contributed by atoms with E-state index in [9.17, 15) is 0 Å². The molecule has 0 unspecified atom stereocenters. The van der Waals surface area contributed by atoms with Crippen molar-refractivity contribution in [2.24, 2.45) is 0 Å². The van der Waals surface area contributed by atoms with E-state index >= 15 is 0 Å². The van der Waals surface area contributed by atoms with Gasteiger partial charge in [-0.05, 0) is 70.5 Å². The molecule has 0 atom stereocenters. The SMILES string of the molecule is CCN1CCc2cc3c(cc21)-c1cc2ccccc2cc1C3. The van der Waals surface area contributed by atoms with E-state index in [1.54, 1.807) is 0 Å². The highest BCUT2D eigenvalue weighted by Gasteiger charge is 2.25. The van der Waals surface area contributed by atoms with E-state index in [0.717, 1.165) is 13.0 Å². The van der Waals surface area contributed by atoms with Gasteiger partial charge in [0.05, 0.1) is 0 Å². The minimum Gasteiger partial charge on any atom is -0.371 e. The first kappa shape index (κ1) is 12.3. The molecule has 1 aliphatic carbocycles. The Hall–Kier alpha value is -2.28. The van der Waals surface area contributed by atoms with E-state index in [1.165, 1.54) is 57.2 Å². The standard InChI is InChI=1S/C21H19N/c1-2-22-8-7-16-10-18-11-17-9-14-5-3-4-6-15(14)12-19(17)20(18)13-21(16)22/h3-6,9-10,12-13H,2,7-8,11H2,1H3. The van der Waals surface area contributed by atoms with Crippen LogP contribution in [-0.2, 0) is 12.8 Å². The molecule has 0 spiro atoms. The second kappa shape index (κ2) is 4.36. The number of benzene rings is 3. The van der Waals surface area contributed by atoms with Crippen LogP contribution in [0.25, 0.3) is 21.9 Å². The average molecular weight is 285 g/mol. The van der Waals surface area contributed by atoms with Gasteiger partial charge in [0, 0.05) is 18.8 Å². The summed E-state index contributed by atoms with van der Waals surface area (Å²) in [5.74, 6) is 0. The molecule has 2 aliphatic rings. The topological polar surface area (TPSA) is 3.24 Å². The van der Waals surface area contributed by atoms with E-state index < -0.39 is 0 Å². The first-order chi connectivity index (χ1) is 10.8. The van der Waals surface area contributed by atoms with Crippen molar-refractivity contribution in [2.75, 3.05) is 18.0 Å². The normalized spacial score (nSPS) is 15.0. The van der Waals surface area contributed by atoms with Gasteiger partial charge in [0.1, 0.15) is 0 Å². The predicted molar refractivity (Wildman–Crippen MR) is 93.8 cm³/mol. The third-order valence-electron chi connectivity index (χ3n) is 5.32. The maximum absolute atomic E-state index is 2.51. The molecule has 0 amide bonds. The fourth-order valence-electron chi connectivity index (χ4n) is 4.17. The lowest BCUT2D eigenvalue weighted by atomic mass is 9.99. The lowest BCUT2D eigenvalue weighted by molar-refractivity contribution is 0.868. The smallest absolute Gasteiger partial charge is 0.0405 e. The monoisotopic (exact) mass is 285 g/mol. The van der Waals surface area contributed by atoms with Crippen molar-refractivity contribution in [1.29, 1.82) is 0 Å². The fraction of sp³-hybridized carbons (Fsp3) is 0.238. The molecule has 1 heteroatoms. The summed E-state index contributed by atoms with van der Waals surface area (Å²) in [4.78, 5) is 2.51. The Morgan fingerprint density at radius 1 is 0.864 bits per heavy atom. The van der Waals surface area contributed by atoms with Gasteiger partial charge in [-0.1, -0.05) is 36.4 Å². The predicted octanol–water partition coefficient (Wildman–Crippen LogP) is 4.79. The second-order valence-corrected chi connectivity index (χ2v) is 6.50. The Morgan fingerprint density at radius 2 is 1.59 bits per heavy atom. The lowest BCUT2D eigenvalue weighted by Gasteiger charge is -2.17. The van der Waals surface area contributed by atoms with Crippen LogP contribution in [0.4, 0.5) is 5.69 Å². The van der Waals surface area contributed by atoms with Gasteiger partial charge in [0.2, 0.25) is 0 Å². The highest BCUT2D eigenvalue weighted by atomic mass is 15.1. The molecule has 0 aromatic heterocycles. The summed E-state index contributed by atoms with van der Waals surface area (Å²) < 4.78 is 0. The molecule has 1 nitrogen and oxygen atoms in total. The van der Waals surface area contributed by atoms with Gasteiger partial charge in [-0.25, -0.2) is 0 Å². The Morgan fingerprint density at radius 3 is 2.41 bits per heavy atom. The van der Waals surface area contributed by atoms with Crippen LogP contribution in [0.2, 0.25) is 0 Å². The largest absolute Gasteiger partial charge is 0.371 e. The minimum absolute atomic E-state index is 1.09. The molecule has 108 valence electrons. The molecular formula is C21H19N. The molecular weight excluding hydrogens is 266 g/mol. The van der Waals surface area contributed by atoms with Gasteiger partial charge in [-0.2, -0.15) is 0 Å².